The van der Waals surface area contributed by atoms with E-state index in [0.29, 0.717) is 30.2 Å². The molecule has 1 aliphatic rings. The third kappa shape index (κ3) is 4.68. The average Bonchev–Trinajstić information content (AvgIpc) is 2.68. The number of rotatable bonds is 7. The SMILES string of the molecule is CCC(CC)C(=O)NC1CCN(C(=O)c2ccc(OC)c(OC)c2)CC1. The first-order valence-electron chi connectivity index (χ1n) is 9.35. The van der Waals surface area contributed by atoms with Gasteiger partial charge in [-0.15, -0.1) is 0 Å². The van der Waals surface area contributed by atoms with Gasteiger partial charge in [-0.3, -0.25) is 9.59 Å². The number of hydrogen-bond acceptors (Lipinski definition) is 4. The molecule has 0 bridgehead atoms. The van der Waals surface area contributed by atoms with Crippen molar-refractivity contribution in [1.82, 2.24) is 10.2 Å². The van der Waals surface area contributed by atoms with Crippen LogP contribution in [-0.4, -0.2) is 50.1 Å². The van der Waals surface area contributed by atoms with E-state index in [1.807, 2.05) is 18.7 Å². The van der Waals surface area contributed by atoms with Gasteiger partial charge in [0.05, 0.1) is 14.2 Å². The Morgan fingerprint density at radius 3 is 2.27 bits per heavy atom. The van der Waals surface area contributed by atoms with E-state index < -0.39 is 0 Å². The molecule has 1 aromatic carbocycles. The topological polar surface area (TPSA) is 67.9 Å². The summed E-state index contributed by atoms with van der Waals surface area (Å²) < 4.78 is 10.5. The number of likely N-dealkylation sites (tertiary alicyclic amines) is 1. The number of hydrogen-bond donors (Lipinski definition) is 1. The van der Waals surface area contributed by atoms with Crippen LogP contribution in [0.1, 0.15) is 49.9 Å². The third-order valence-electron chi connectivity index (χ3n) is 5.12. The van der Waals surface area contributed by atoms with E-state index in [0.717, 1.165) is 25.7 Å². The van der Waals surface area contributed by atoms with E-state index in [-0.39, 0.29) is 23.8 Å². The first-order valence-corrected chi connectivity index (χ1v) is 9.35. The molecule has 0 atom stereocenters. The summed E-state index contributed by atoms with van der Waals surface area (Å²) in [5.41, 5.74) is 0.585. The zero-order valence-corrected chi connectivity index (χ0v) is 16.2. The second kappa shape index (κ2) is 9.46. The van der Waals surface area contributed by atoms with Gasteiger partial charge >= 0.3 is 0 Å². The van der Waals surface area contributed by atoms with Crippen molar-refractivity contribution in [3.63, 3.8) is 0 Å². The minimum absolute atomic E-state index is 0.0178. The lowest BCUT2D eigenvalue weighted by Gasteiger charge is -2.33. The molecular formula is C20H30N2O4. The molecule has 2 amide bonds. The largest absolute Gasteiger partial charge is 0.493 e. The van der Waals surface area contributed by atoms with Gasteiger partial charge in [-0.25, -0.2) is 0 Å². The average molecular weight is 362 g/mol. The molecule has 26 heavy (non-hydrogen) atoms. The molecule has 1 saturated heterocycles. The molecule has 1 aliphatic heterocycles. The van der Waals surface area contributed by atoms with E-state index in [2.05, 4.69) is 5.32 Å². The number of benzene rings is 1. The molecule has 0 spiro atoms. The number of amides is 2. The molecule has 6 nitrogen and oxygen atoms in total. The summed E-state index contributed by atoms with van der Waals surface area (Å²) >= 11 is 0. The van der Waals surface area contributed by atoms with Crippen LogP contribution in [0.15, 0.2) is 18.2 Å². The molecule has 1 fully saturated rings. The highest BCUT2D eigenvalue weighted by Crippen LogP contribution is 2.28. The highest BCUT2D eigenvalue weighted by Gasteiger charge is 2.26. The molecule has 6 heteroatoms. The zero-order valence-electron chi connectivity index (χ0n) is 16.2. The number of carbonyl (C=O) groups excluding carboxylic acids is 2. The summed E-state index contributed by atoms with van der Waals surface area (Å²) in [6, 6.07) is 5.36. The molecule has 144 valence electrons. The van der Waals surface area contributed by atoms with Crippen LogP contribution in [0.3, 0.4) is 0 Å². The lowest BCUT2D eigenvalue weighted by atomic mass is 9.99. The smallest absolute Gasteiger partial charge is 0.253 e. The maximum atomic E-state index is 12.7. The van der Waals surface area contributed by atoms with Gasteiger partial charge < -0.3 is 19.7 Å². The van der Waals surface area contributed by atoms with E-state index in [9.17, 15) is 9.59 Å². The Morgan fingerprint density at radius 1 is 1.12 bits per heavy atom. The predicted octanol–water partition coefficient (Wildman–Crippen LogP) is 2.86. The van der Waals surface area contributed by atoms with Gasteiger partial charge in [0, 0.05) is 30.6 Å². The number of ether oxygens (including phenoxy) is 2. The molecule has 1 heterocycles. The normalized spacial score (nSPS) is 15.0. The molecule has 0 saturated carbocycles. The molecule has 1 N–H and O–H groups in total. The number of nitrogens with zero attached hydrogens (tertiary/aromatic N) is 1. The predicted molar refractivity (Wildman–Crippen MR) is 101 cm³/mol. The first kappa shape index (κ1) is 20.1. The van der Waals surface area contributed by atoms with Crippen LogP contribution >= 0.6 is 0 Å². The highest BCUT2D eigenvalue weighted by atomic mass is 16.5. The monoisotopic (exact) mass is 362 g/mol. The van der Waals surface area contributed by atoms with Crippen LogP contribution in [0.2, 0.25) is 0 Å². The highest BCUT2D eigenvalue weighted by molar-refractivity contribution is 5.95. The lowest BCUT2D eigenvalue weighted by Crippen LogP contribution is -2.47. The van der Waals surface area contributed by atoms with Gasteiger partial charge in [0.2, 0.25) is 5.91 Å². The van der Waals surface area contributed by atoms with Gasteiger partial charge in [-0.1, -0.05) is 13.8 Å². The van der Waals surface area contributed by atoms with Crippen molar-refractivity contribution in [3.8, 4) is 11.5 Å². The van der Waals surface area contributed by atoms with Crippen molar-refractivity contribution in [2.75, 3.05) is 27.3 Å². The van der Waals surface area contributed by atoms with E-state index >= 15 is 0 Å². The maximum absolute atomic E-state index is 12.7. The molecule has 0 unspecified atom stereocenters. The number of nitrogens with one attached hydrogen (secondary N) is 1. The Bertz CT molecular complexity index is 620. The fourth-order valence-electron chi connectivity index (χ4n) is 3.36. The zero-order chi connectivity index (χ0) is 19.1. The minimum Gasteiger partial charge on any atom is -0.493 e. The van der Waals surface area contributed by atoms with Gasteiger partial charge in [-0.2, -0.15) is 0 Å². The summed E-state index contributed by atoms with van der Waals surface area (Å²) in [6.07, 6.45) is 3.29. The van der Waals surface area contributed by atoms with Crippen molar-refractivity contribution in [2.24, 2.45) is 5.92 Å². The van der Waals surface area contributed by atoms with Crippen LogP contribution < -0.4 is 14.8 Å². The summed E-state index contributed by atoms with van der Waals surface area (Å²) in [6.45, 7) is 5.36. The molecule has 0 radical (unpaired) electrons. The van der Waals surface area contributed by atoms with Crippen molar-refractivity contribution < 1.29 is 19.1 Å². The van der Waals surface area contributed by atoms with Crippen LogP contribution in [-0.2, 0) is 4.79 Å². The fourth-order valence-corrected chi connectivity index (χ4v) is 3.36. The summed E-state index contributed by atoms with van der Waals surface area (Å²) in [5.74, 6) is 1.36. The van der Waals surface area contributed by atoms with E-state index in [4.69, 9.17) is 9.47 Å². The Kier molecular flexibility index (Phi) is 7.30. The quantitative estimate of drug-likeness (QED) is 0.810. The van der Waals surface area contributed by atoms with Gasteiger partial charge in [-0.05, 0) is 43.9 Å². The van der Waals surface area contributed by atoms with Crippen molar-refractivity contribution in [2.45, 2.75) is 45.6 Å². The third-order valence-corrected chi connectivity index (χ3v) is 5.12. The van der Waals surface area contributed by atoms with Crippen molar-refractivity contribution in [3.05, 3.63) is 23.8 Å². The molecule has 0 aliphatic carbocycles. The Hall–Kier alpha value is -2.24. The molecular weight excluding hydrogens is 332 g/mol. The van der Waals surface area contributed by atoms with Crippen molar-refractivity contribution >= 4 is 11.8 Å². The molecule has 2 rings (SSSR count). The number of carbonyl (C=O) groups is 2. The Labute approximate surface area is 155 Å². The summed E-state index contributed by atoms with van der Waals surface area (Å²) in [5, 5.41) is 3.14. The van der Waals surface area contributed by atoms with E-state index in [1.165, 1.54) is 0 Å². The van der Waals surface area contributed by atoms with Crippen LogP contribution in [0.25, 0.3) is 0 Å². The Morgan fingerprint density at radius 2 is 1.73 bits per heavy atom. The second-order valence-electron chi connectivity index (χ2n) is 6.66. The summed E-state index contributed by atoms with van der Waals surface area (Å²) in [7, 11) is 3.13. The molecule has 0 aromatic heterocycles. The van der Waals surface area contributed by atoms with Crippen molar-refractivity contribution in [1.29, 1.82) is 0 Å². The Balaban J connectivity index is 1.93. The van der Waals surface area contributed by atoms with Gasteiger partial charge in [0.25, 0.3) is 5.91 Å². The first-order chi connectivity index (χ1) is 12.5. The second-order valence-corrected chi connectivity index (χ2v) is 6.66. The van der Waals surface area contributed by atoms with Crippen LogP contribution in [0.5, 0.6) is 11.5 Å². The standard InChI is InChI=1S/C20H30N2O4/c1-5-14(6-2)19(23)21-16-9-11-22(12-10-16)20(24)15-7-8-17(25-3)18(13-15)26-4/h7-8,13-14,16H,5-6,9-12H2,1-4H3,(H,21,23). The van der Waals surface area contributed by atoms with Gasteiger partial charge in [0.15, 0.2) is 11.5 Å². The summed E-state index contributed by atoms with van der Waals surface area (Å²) in [4.78, 5) is 26.8. The number of methoxy groups -OCH3 is 2. The van der Waals surface area contributed by atoms with Crippen LogP contribution in [0, 0.1) is 5.92 Å². The lowest BCUT2D eigenvalue weighted by molar-refractivity contribution is -0.126. The van der Waals surface area contributed by atoms with Crippen LogP contribution in [0.4, 0.5) is 0 Å². The maximum Gasteiger partial charge on any atom is 0.253 e. The van der Waals surface area contributed by atoms with Gasteiger partial charge in [0.1, 0.15) is 0 Å². The number of piperidine rings is 1. The molecule has 1 aromatic rings. The fraction of sp³-hybridized carbons (Fsp3) is 0.600. The minimum atomic E-state index is -0.0178. The van der Waals surface area contributed by atoms with E-state index in [1.54, 1.807) is 32.4 Å².